The van der Waals surface area contributed by atoms with Gasteiger partial charge in [-0.15, -0.1) is 0 Å². The number of hydrogen-bond acceptors (Lipinski definition) is 2. The molecule has 60 valence electrons. The molecule has 2 nitrogen and oxygen atoms in total. The molecule has 1 heterocycles. The lowest BCUT2D eigenvalue weighted by Crippen LogP contribution is -2.16. The van der Waals surface area contributed by atoms with Crippen LogP contribution in [0.1, 0.15) is 6.92 Å². The Labute approximate surface area is 71.8 Å². The Bertz CT molecular complexity index is 220. The van der Waals surface area contributed by atoms with Crippen molar-refractivity contribution in [3.8, 4) is 0 Å². The van der Waals surface area contributed by atoms with Crippen LogP contribution in [0.25, 0.3) is 0 Å². The zero-order valence-electron chi connectivity index (χ0n) is 6.71. The predicted octanol–water partition coefficient (Wildman–Crippen LogP) is 2.19. The van der Waals surface area contributed by atoms with E-state index in [0.29, 0.717) is 5.02 Å². The molecule has 0 saturated carbocycles. The molecule has 0 saturated heterocycles. The lowest BCUT2D eigenvalue weighted by molar-refractivity contribution is 0.938. The van der Waals surface area contributed by atoms with E-state index in [4.69, 9.17) is 11.6 Å². The summed E-state index contributed by atoms with van der Waals surface area (Å²) in [5, 5.41) is 0.679. The maximum atomic E-state index is 5.68. The van der Waals surface area contributed by atoms with Gasteiger partial charge in [0, 0.05) is 19.8 Å². The van der Waals surface area contributed by atoms with Crippen LogP contribution in [0.15, 0.2) is 18.3 Å². The summed E-state index contributed by atoms with van der Waals surface area (Å²) in [5.41, 5.74) is 0. The molecule has 0 radical (unpaired) electrons. The normalized spacial score (nSPS) is 9.73. The highest BCUT2D eigenvalue weighted by Gasteiger charge is 1.97. The van der Waals surface area contributed by atoms with E-state index < -0.39 is 0 Å². The molecule has 0 aliphatic heterocycles. The molecule has 0 amide bonds. The van der Waals surface area contributed by atoms with Crippen molar-refractivity contribution in [2.45, 2.75) is 6.92 Å². The molecule has 0 bridgehead atoms. The Morgan fingerprint density at radius 1 is 1.55 bits per heavy atom. The van der Waals surface area contributed by atoms with Gasteiger partial charge in [0.05, 0.1) is 5.02 Å². The Morgan fingerprint density at radius 2 is 2.27 bits per heavy atom. The van der Waals surface area contributed by atoms with Crippen molar-refractivity contribution in [3.05, 3.63) is 23.4 Å². The first-order valence-corrected chi connectivity index (χ1v) is 3.94. The minimum Gasteiger partial charge on any atom is -0.360 e. The number of rotatable bonds is 2. The molecule has 11 heavy (non-hydrogen) atoms. The Hall–Kier alpha value is -0.760. The molecule has 0 aromatic carbocycles. The number of aromatic nitrogens is 1. The van der Waals surface area contributed by atoms with Gasteiger partial charge in [-0.2, -0.15) is 0 Å². The van der Waals surface area contributed by atoms with E-state index in [1.54, 1.807) is 6.20 Å². The van der Waals surface area contributed by atoms with Crippen LogP contribution in [0.2, 0.25) is 5.02 Å². The van der Waals surface area contributed by atoms with Crippen molar-refractivity contribution in [1.29, 1.82) is 0 Å². The van der Waals surface area contributed by atoms with Crippen LogP contribution in [-0.2, 0) is 0 Å². The van der Waals surface area contributed by atoms with Crippen molar-refractivity contribution in [2.75, 3.05) is 18.5 Å². The summed E-state index contributed by atoms with van der Waals surface area (Å²) in [6.07, 6.45) is 1.66. The van der Waals surface area contributed by atoms with E-state index in [0.717, 1.165) is 12.4 Å². The highest BCUT2D eigenvalue weighted by Crippen LogP contribution is 2.11. The van der Waals surface area contributed by atoms with Crippen LogP contribution in [0, 0.1) is 0 Å². The van der Waals surface area contributed by atoms with Gasteiger partial charge < -0.3 is 4.90 Å². The largest absolute Gasteiger partial charge is 0.360 e. The summed E-state index contributed by atoms with van der Waals surface area (Å²) in [5.74, 6) is 0.955. The maximum absolute atomic E-state index is 5.68. The van der Waals surface area contributed by atoms with Gasteiger partial charge in [0.25, 0.3) is 0 Å². The average molecular weight is 171 g/mol. The molecule has 0 atom stereocenters. The number of anilines is 1. The summed E-state index contributed by atoms with van der Waals surface area (Å²) < 4.78 is 0. The van der Waals surface area contributed by atoms with E-state index in [-0.39, 0.29) is 0 Å². The first-order valence-electron chi connectivity index (χ1n) is 3.56. The predicted molar refractivity (Wildman–Crippen MR) is 48.2 cm³/mol. The van der Waals surface area contributed by atoms with Crippen LogP contribution >= 0.6 is 11.6 Å². The second-order valence-electron chi connectivity index (χ2n) is 2.35. The molecular formula is C8H11ClN2. The number of pyridine rings is 1. The maximum Gasteiger partial charge on any atom is 0.128 e. The Kier molecular flexibility index (Phi) is 2.71. The zero-order valence-corrected chi connectivity index (χ0v) is 7.47. The van der Waals surface area contributed by atoms with E-state index in [1.807, 2.05) is 19.2 Å². The lowest BCUT2D eigenvalue weighted by atomic mass is 10.4. The molecule has 1 aromatic heterocycles. The van der Waals surface area contributed by atoms with Gasteiger partial charge in [-0.3, -0.25) is 0 Å². The smallest absolute Gasteiger partial charge is 0.128 e. The van der Waals surface area contributed by atoms with Gasteiger partial charge in [0.15, 0.2) is 0 Å². The van der Waals surface area contributed by atoms with E-state index in [2.05, 4.69) is 16.8 Å². The van der Waals surface area contributed by atoms with Crippen LogP contribution in [0.3, 0.4) is 0 Å². The summed E-state index contributed by atoms with van der Waals surface area (Å²) in [4.78, 5) is 6.19. The first kappa shape index (κ1) is 8.34. The second-order valence-corrected chi connectivity index (χ2v) is 2.79. The van der Waals surface area contributed by atoms with Gasteiger partial charge >= 0.3 is 0 Å². The molecule has 0 aliphatic carbocycles. The number of halogens is 1. The minimum absolute atomic E-state index is 0.679. The number of nitrogens with zero attached hydrogens (tertiary/aromatic N) is 2. The number of hydrogen-bond donors (Lipinski definition) is 0. The Morgan fingerprint density at radius 3 is 2.73 bits per heavy atom. The van der Waals surface area contributed by atoms with Gasteiger partial charge in [-0.1, -0.05) is 11.6 Å². The van der Waals surface area contributed by atoms with Gasteiger partial charge in [-0.05, 0) is 19.1 Å². The van der Waals surface area contributed by atoms with Gasteiger partial charge in [0.2, 0.25) is 0 Å². The van der Waals surface area contributed by atoms with Crippen molar-refractivity contribution in [3.63, 3.8) is 0 Å². The first-order chi connectivity index (χ1) is 5.24. The molecule has 0 N–H and O–H groups in total. The summed E-state index contributed by atoms with van der Waals surface area (Å²) in [7, 11) is 2.00. The fraction of sp³-hybridized carbons (Fsp3) is 0.375. The van der Waals surface area contributed by atoms with Crippen LogP contribution in [-0.4, -0.2) is 18.6 Å². The fourth-order valence-corrected chi connectivity index (χ4v) is 0.868. The third kappa shape index (κ3) is 2.09. The third-order valence-corrected chi connectivity index (χ3v) is 1.80. The lowest BCUT2D eigenvalue weighted by Gasteiger charge is -2.14. The molecule has 0 unspecified atom stereocenters. The van der Waals surface area contributed by atoms with E-state index in [1.165, 1.54) is 0 Å². The van der Waals surface area contributed by atoms with Crippen molar-refractivity contribution in [2.24, 2.45) is 0 Å². The summed E-state index contributed by atoms with van der Waals surface area (Å²) in [6.45, 7) is 3.03. The van der Waals surface area contributed by atoms with Gasteiger partial charge in [0.1, 0.15) is 5.82 Å². The molecule has 3 heteroatoms. The topological polar surface area (TPSA) is 16.1 Å². The van der Waals surface area contributed by atoms with Crippen molar-refractivity contribution >= 4 is 17.4 Å². The van der Waals surface area contributed by atoms with E-state index in [9.17, 15) is 0 Å². The molecule has 0 aliphatic rings. The van der Waals surface area contributed by atoms with Crippen LogP contribution in [0.4, 0.5) is 5.82 Å². The fourth-order valence-electron chi connectivity index (χ4n) is 0.756. The molecule has 0 fully saturated rings. The summed E-state index contributed by atoms with van der Waals surface area (Å²) in [6, 6.07) is 3.75. The van der Waals surface area contributed by atoms with Gasteiger partial charge in [-0.25, -0.2) is 4.98 Å². The average Bonchev–Trinajstić information content (AvgIpc) is 2.05. The standard InChI is InChI=1S/C8H11ClN2/c1-3-11(2)8-5-4-7(9)6-10-8/h4-6H,3H2,1-2H3. The molecular weight excluding hydrogens is 160 g/mol. The van der Waals surface area contributed by atoms with Crippen LogP contribution in [0.5, 0.6) is 0 Å². The SMILES string of the molecule is CCN(C)c1ccc(Cl)cn1. The van der Waals surface area contributed by atoms with E-state index >= 15 is 0 Å². The molecule has 1 aromatic rings. The highest BCUT2D eigenvalue weighted by atomic mass is 35.5. The molecule has 1 rings (SSSR count). The highest BCUT2D eigenvalue weighted by molar-refractivity contribution is 6.30. The van der Waals surface area contributed by atoms with Crippen LogP contribution < -0.4 is 4.90 Å². The van der Waals surface area contributed by atoms with Crippen molar-refractivity contribution in [1.82, 2.24) is 4.98 Å². The zero-order chi connectivity index (χ0) is 8.27. The molecule has 0 spiro atoms. The quantitative estimate of drug-likeness (QED) is 0.677. The monoisotopic (exact) mass is 170 g/mol. The third-order valence-electron chi connectivity index (χ3n) is 1.58. The Balaban J connectivity index is 2.81. The second kappa shape index (κ2) is 3.58. The summed E-state index contributed by atoms with van der Waals surface area (Å²) >= 11 is 5.68. The minimum atomic E-state index is 0.679. The van der Waals surface area contributed by atoms with Crippen molar-refractivity contribution < 1.29 is 0 Å².